The molecule has 1 aromatic carbocycles. The predicted octanol–water partition coefficient (Wildman–Crippen LogP) is 2.20. The van der Waals surface area contributed by atoms with E-state index >= 15 is 0 Å². The summed E-state index contributed by atoms with van der Waals surface area (Å²) in [5, 5.41) is 0. The third-order valence-corrected chi connectivity index (χ3v) is 3.52. The lowest BCUT2D eigenvalue weighted by molar-refractivity contribution is 0.194. The number of methoxy groups -OCH3 is 1. The molecule has 0 aromatic heterocycles. The molecule has 0 radical (unpaired) electrons. The first kappa shape index (κ1) is 14.9. The molecule has 1 fully saturated rings. The van der Waals surface area contributed by atoms with Gasteiger partial charge in [-0.2, -0.15) is 0 Å². The summed E-state index contributed by atoms with van der Waals surface area (Å²) in [5.41, 5.74) is 5.09. The van der Waals surface area contributed by atoms with Gasteiger partial charge < -0.3 is 14.5 Å². The lowest BCUT2D eigenvalue weighted by Gasteiger charge is -2.34. The molecule has 0 saturated carbocycles. The zero-order valence-electron chi connectivity index (χ0n) is 12.7. The highest BCUT2D eigenvalue weighted by molar-refractivity contribution is 5.66. The molecule has 20 heavy (non-hydrogen) atoms. The van der Waals surface area contributed by atoms with E-state index in [4.69, 9.17) is 9.57 Å². The van der Waals surface area contributed by atoms with Gasteiger partial charge in [-0.05, 0) is 31.7 Å². The minimum Gasteiger partial charge on any atom is -0.495 e. The zero-order chi connectivity index (χ0) is 14.4. The molecule has 1 heterocycles. The highest BCUT2D eigenvalue weighted by Crippen LogP contribution is 2.32. The normalized spacial score (nSPS) is 16.2. The molecule has 2 rings (SSSR count). The fourth-order valence-corrected chi connectivity index (χ4v) is 2.28. The molecule has 0 atom stereocenters. The molecule has 0 aliphatic carbocycles. The first-order chi connectivity index (χ1) is 9.74. The Morgan fingerprint density at radius 2 is 1.95 bits per heavy atom. The standard InChI is InChI=1S/C15H25N3O2/c1-4-11-20-16-13-5-6-15(19-3)14(12-13)18-9-7-17(2)8-10-18/h5-6,12,16H,4,7-11H2,1-3H3. The zero-order valence-corrected chi connectivity index (χ0v) is 12.7. The number of nitrogens with zero attached hydrogens (tertiary/aromatic N) is 2. The summed E-state index contributed by atoms with van der Waals surface area (Å²) in [6.07, 6.45) is 0.995. The second-order valence-corrected chi connectivity index (χ2v) is 5.13. The Bertz CT molecular complexity index is 418. The SMILES string of the molecule is CCCONc1ccc(OC)c(N2CCN(C)CC2)c1. The van der Waals surface area contributed by atoms with Crippen molar-refractivity contribution in [3.05, 3.63) is 18.2 Å². The van der Waals surface area contributed by atoms with E-state index in [9.17, 15) is 0 Å². The fraction of sp³-hybridized carbons (Fsp3) is 0.600. The monoisotopic (exact) mass is 279 g/mol. The van der Waals surface area contributed by atoms with E-state index in [1.807, 2.05) is 12.1 Å². The van der Waals surface area contributed by atoms with Crippen LogP contribution in [0.5, 0.6) is 5.75 Å². The minimum absolute atomic E-state index is 0.704. The van der Waals surface area contributed by atoms with Crippen molar-refractivity contribution in [3.63, 3.8) is 0 Å². The summed E-state index contributed by atoms with van der Waals surface area (Å²) in [6.45, 7) is 6.99. The number of rotatable bonds is 6. The molecule has 0 unspecified atom stereocenters. The van der Waals surface area contributed by atoms with E-state index in [0.717, 1.165) is 49.7 Å². The molecule has 0 amide bonds. The van der Waals surface area contributed by atoms with Gasteiger partial charge in [-0.3, -0.25) is 10.3 Å². The Hall–Kier alpha value is -1.46. The minimum atomic E-state index is 0.704. The Kier molecular flexibility index (Phi) is 5.49. The van der Waals surface area contributed by atoms with Crippen LogP contribution in [-0.2, 0) is 4.84 Å². The van der Waals surface area contributed by atoms with E-state index in [-0.39, 0.29) is 0 Å². The molecule has 1 aromatic rings. The summed E-state index contributed by atoms with van der Waals surface area (Å²) < 4.78 is 5.48. The molecule has 1 aliphatic rings. The van der Waals surface area contributed by atoms with Gasteiger partial charge in [-0.15, -0.1) is 0 Å². The summed E-state index contributed by atoms with van der Waals surface area (Å²) in [6, 6.07) is 6.07. The van der Waals surface area contributed by atoms with Crippen molar-refractivity contribution in [2.75, 3.05) is 57.3 Å². The van der Waals surface area contributed by atoms with Gasteiger partial charge in [0.1, 0.15) is 5.75 Å². The van der Waals surface area contributed by atoms with Crippen LogP contribution in [0.15, 0.2) is 18.2 Å². The van der Waals surface area contributed by atoms with Crippen molar-refractivity contribution in [3.8, 4) is 5.75 Å². The Balaban J connectivity index is 2.10. The number of ether oxygens (including phenoxy) is 1. The quantitative estimate of drug-likeness (QED) is 0.638. The van der Waals surface area contributed by atoms with Crippen molar-refractivity contribution >= 4 is 11.4 Å². The van der Waals surface area contributed by atoms with Crippen LogP contribution < -0.4 is 15.1 Å². The maximum Gasteiger partial charge on any atom is 0.142 e. The number of nitrogens with one attached hydrogen (secondary N) is 1. The molecule has 1 saturated heterocycles. The molecular weight excluding hydrogens is 254 g/mol. The second kappa shape index (κ2) is 7.36. The van der Waals surface area contributed by atoms with E-state index in [1.54, 1.807) is 7.11 Å². The van der Waals surface area contributed by atoms with Crippen molar-refractivity contribution < 1.29 is 9.57 Å². The van der Waals surface area contributed by atoms with Gasteiger partial charge in [0.25, 0.3) is 0 Å². The van der Waals surface area contributed by atoms with Crippen molar-refractivity contribution in [2.24, 2.45) is 0 Å². The second-order valence-electron chi connectivity index (χ2n) is 5.13. The van der Waals surface area contributed by atoms with Crippen molar-refractivity contribution in [1.29, 1.82) is 0 Å². The van der Waals surface area contributed by atoms with Crippen LogP contribution in [0, 0.1) is 0 Å². The highest BCUT2D eigenvalue weighted by Gasteiger charge is 2.18. The van der Waals surface area contributed by atoms with Crippen LogP contribution in [0.2, 0.25) is 0 Å². The van der Waals surface area contributed by atoms with Gasteiger partial charge in [-0.25, -0.2) is 0 Å². The molecule has 112 valence electrons. The van der Waals surface area contributed by atoms with Crippen molar-refractivity contribution in [2.45, 2.75) is 13.3 Å². The molecule has 1 N–H and O–H groups in total. The number of benzene rings is 1. The molecule has 5 heteroatoms. The number of hydrogen-bond acceptors (Lipinski definition) is 5. The number of hydrogen-bond donors (Lipinski definition) is 1. The van der Waals surface area contributed by atoms with Crippen LogP contribution in [-0.4, -0.2) is 51.8 Å². The van der Waals surface area contributed by atoms with Crippen LogP contribution in [0.3, 0.4) is 0 Å². The Labute approximate surface area is 121 Å². The van der Waals surface area contributed by atoms with Crippen LogP contribution >= 0.6 is 0 Å². The molecule has 5 nitrogen and oxygen atoms in total. The first-order valence-corrected chi connectivity index (χ1v) is 7.24. The summed E-state index contributed by atoms with van der Waals surface area (Å²) in [7, 11) is 3.88. The lowest BCUT2D eigenvalue weighted by atomic mass is 10.2. The molecule has 0 spiro atoms. The van der Waals surface area contributed by atoms with Crippen LogP contribution in [0.25, 0.3) is 0 Å². The summed E-state index contributed by atoms with van der Waals surface area (Å²) in [4.78, 5) is 10.1. The maximum absolute atomic E-state index is 5.48. The average Bonchev–Trinajstić information content (AvgIpc) is 2.48. The third kappa shape index (κ3) is 3.77. The summed E-state index contributed by atoms with van der Waals surface area (Å²) >= 11 is 0. The first-order valence-electron chi connectivity index (χ1n) is 7.24. The van der Waals surface area contributed by atoms with Crippen LogP contribution in [0.1, 0.15) is 13.3 Å². The highest BCUT2D eigenvalue weighted by atomic mass is 16.6. The van der Waals surface area contributed by atoms with Crippen LogP contribution in [0.4, 0.5) is 11.4 Å². The topological polar surface area (TPSA) is 37.0 Å². The van der Waals surface area contributed by atoms with Gasteiger partial charge in [0.15, 0.2) is 0 Å². The van der Waals surface area contributed by atoms with Gasteiger partial charge in [0.05, 0.1) is 25.1 Å². The average molecular weight is 279 g/mol. The number of likely N-dealkylation sites (N-methyl/N-ethyl adjacent to an activating group) is 1. The third-order valence-electron chi connectivity index (χ3n) is 3.52. The number of piperazine rings is 1. The molecule has 0 bridgehead atoms. The Morgan fingerprint density at radius 3 is 2.60 bits per heavy atom. The Morgan fingerprint density at radius 1 is 1.20 bits per heavy atom. The van der Waals surface area contributed by atoms with E-state index in [0.29, 0.717) is 6.61 Å². The van der Waals surface area contributed by atoms with E-state index in [2.05, 4.69) is 35.3 Å². The fourth-order valence-electron chi connectivity index (χ4n) is 2.28. The smallest absolute Gasteiger partial charge is 0.142 e. The lowest BCUT2D eigenvalue weighted by Crippen LogP contribution is -2.44. The van der Waals surface area contributed by atoms with E-state index < -0.39 is 0 Å². The van der Waals surface area contributed by atoms with Gasteiger partial charge in [0.2, 0.25) is 0 Å². The van der Waals surface area contributed by atoms with Gasteiger partial charge >= 0.3 is 0 Å². The molecule has 1 aliphatic heterocycles. The predicted molar refractivity (Wildman–Crippen MR) is 82.6 cm³/mol. The van der Waals surface area contributed by atoms with Crippen molar-refractivity contribution in [1.82, 2.24) is 4.90 Å². The van der Waals surface area contributed by atoms with Gasteiger partial charge in [0, 0.05) is 26.2 Å². The van der Waals surface area contributed by atoms with E-state index in [1.165, 1.54) is 0 Å². The maximum atomic E-state index is 5.48. The largest absolute Gasteiger partial charge is 0.495 e. The number of anilines is 2. The van der Waals surface area contributed by atoms with Gasteiger partial charge in [-0.1, -0.05) is 6.92 Å². The summed E-state index contributed by atoms with van der Waals surface area (Å²) in [5.74, 6) is 0.913. The molecular formula is C15H25N3O2.